The number of para-hydroxylation sites is 2. The molecule has 0 bridgehead atoms. The maximum absolute atomic E-state index is 5.76. The van der Waals surface area contributed by atoms with Gasteiger partial charge in [-0.2, -0.15) is 0 Å². The second-order valence-electron chi connectivity index (χ2n) is 16.4. The monoisotopic (exact) mass is 815 g/mol. The van der Waals surface area contributed by atoms with Crippen molar-refractivity contribution in [3.05, 3.63) is 211 Å². The molecule has 0 N–H and O–H groups in total. The average molecular weight is 815 g/mol. The van der Waals surface area contributed by atoms with E-state index in [2.05, 4.69) is 219 Å². The zero-order valence-electron chi connectivity index (χ0n) is 32.9. The molecule has 0 atom stereocenters. The molecule has 0 saturated carbocycles. The van der Waals surface area contributed by atoms with Gasteiger partial charge in [-0.05, 0) is 0 Å². The summed E-state index contributed by atoms with van der Waals surface area (Å²) < 4.78 is 7.80. The first-order valence-electron chi connectivity index (χ1n) is 20.5. The van der Waals surface area contributed by atoms with Gasteiger partial charge in [-0.25, -0.2) is 0 Å². The van der Waals surface area contributed by atoms with Crippen LogP contribution in [0.1, 0.15) is 25.0 Å². The van der Waals surface area contributed by atoms with Crippen molar-refractivity contribution >= 4 is 52.8 Å². The third-order valence-corrected chi connectivity index (χ3v) is 23.0. The molecule has 0 fully saturated rings. The van der Waals surface area contributed by atoms with Crippen LogP contribution >= 0.6 is 0 Å². The molecule has 1 aliphatic heterocycles. The van der Waals surface area contributed by atoms with Crippen molar-refractivity contribution < 1.29 is 0 Å². The van der Waals surface area contributed by atoms with Crippen LogP contribution in [0.2, 0.25) is 0 Å². The van der Waals surface area contributed by atoms with E-state index in [1.165, 1.54) is 67.3 Å². The van der Waals surface area contributed by atoms with E-state index in [1.807, 2.05) is 0 Å². The van der Waals surface area contributed by atoms with Crippen LogP contribution in [0.4, 0.5) is 0 Å². The Labute approximate surface area is 346 Å². The van der Waals surface area contributed by atoms with Gasteiger partial charge in [0.25, 0.3) is 0 Å². The van der Waals surface area contributed by atoms with Gasteiger partial charge in [0.2, 0.25) is 0 Å². The third kappa shape index (κ3) is 4.71. The normalized spacial score (nSPS) is 14.2. The van der Waals surface area contributed by atoms with Crippen LogP contribution in [0.5, 0.6) is 0 Å². The number of rotatable bonds is 5. The van der Waals surface area contributed by atoms with E-state index in [-0.39, 0.29) is 5.41 Å². The Morgan fingerprint density at radius 2 is 1.05 bits per heavy atom. The standard InChI is InChI=1S/C55H39GeN3/c1-55(2)43-30-16-12-26-39(43)49-44(55)34-35-48-50(49)41-28-14-18-32-46(41)59(48)47-33-19-15-29-42(47)52-51-40-27-13-17-31-45(40)56(37-22-8-4-9-23-37,38-24-10-5-11-25-38)53(51)58-54(57-52)36-20-6-3-7-21-36/h3-35H,1-2H3. The number of fused-ring (bicyclic) bond motifs is 10. The summed E-state index contributed by atoms with van der Waals surface area (Å²) in [6, 6.07) is 73.6. The molecule has 0 saturated heterocycles. The summed E-state index contributed by atoms with van der Waals surface area (Å²) in [7, 11) is 0. The molecule has 4 heteroatoms. The summed E-state index contributed by atoms with van der Waals surface area (Å²) in [6.07, 6.45) is 0. The van der Waals surface area contributed by atoms with Gasteiger partial charge in [0.15, 0.2) is 0 Å². The Hall–Kier alpha value is -6.82. The fraction of sp³-hybridized carbons (Fsp3) is 0.0545. The molecule has 0 unspecified atom stereocenters. The summed E-state index contributed by atoms with van der Waals surface area (Å²) in [5.41, 5.74) is 14.3. The topological polar surface area (TPSA) is 30.7 Å². The zero-order valence-corrected chi connectivity index (χ0v) is 35.0. The SMILES string of the molecule is CC1(C)c2ccccc2-c2c1ccc1c2c2ccccc2n1-c1ccccc1-c1nc(-c2ccccc2)n[c]2c1-c1cccc[c]1[Ge]2([c]1ccccc1)[c]1ccccc1. The summed E-state index contributed by atoms with van der Waals surface area (Å²) in [6.45, 7) is 4.73. The van der Waals surface area contributed by atoms with Crippen molar-refractivity contribution in [2.75, 3.05) is 0 Å². The van der Waals surface area contributed by atoms with Gasteiger partial charge in [-0.1, -0.05) is 6.07 Å². The van der Waals surface area contributed by atoms with Crippen molar-refractivity contribution in [1.29, 1.82) is 0 Å². The molecule has 0 amide bonds. The maximum atomic E-state index is 5.76. The van der Waals surface area contributed by atoms with Gasteiger partial charge in [0, 0.05) is 0 Å². The van der Waals surface area contributed by atoms with Crippen LogP contribution in [-0.2, 0) is 5.41 Å². The number of hydrogen-bond acceptors (Lipinski definition) is 2. The average Bonchev–Trinajstić information content (AvgIpc) is 3.88. The van der Waals surface area contributed by atoms with E-state index in [0.717, 1.165) is 33.9 Å². The molecule has 59 heavy (non-hydrogen) atoms. The van der Waals surface area contributed by atoms with Gasteiger partial charge in [-0.3, -0.25) is 0 Å². The van der Waals surface area contributed by atoms with E-state index in [0.29, 0.717) is 0 Å². The summed E-state index contributed by atoms with van der Waals surface area (Å²) in [5, 5.41) is 2.56. The molecule has 1 aliphatic carbocycles. The van der Waals surface area contributed by atoms with Gasteiger partial charge < -0.3 is 0 Å². The van der Waals surface area contributed by atoms with E-state index in [9.17, 15) is 0 Å². The molecular weight excluding hydrogens is 775 g/mol. The van der Waals surface area contributed by atoms with Gasteiger partial charge in [0.05, 0.1) is 0 Å². The Morgan fingerprint density at radius 1 is 0.458 bits per heavy atom. The van der Waals surface area contributed by atoms with Crippen molar-refractivity contribution in [3.63, 3.8) is 0 Å². The van der Waals surface area contributed by atoms with E-state index >= 15 is 0 Å². The fourth-order valence-electron chi connectivity index (χ4n) is 10.6. The molecule has 2 aromatic heterocycles. The quantitative estimate of drug-likeness (QED) is 0.162. The minimum atomic E-state index is -3.73. The first-order chi connectivity index (χ1) is 29.1. The summed E-state index contributed by atoms with van der Waals surface area (Å²) in [4.78, 5) is 11.4. The zero-order chi connectivity index (χ0) is 39.3. The van der Waals surface area contributed by atoms with Crippen molar-refractivity contribution in [1.82, 2.24) is 14.5 Å². The van der Waals surface area contributed by atoms with E-state index in [4.69, 9.17) is 9.97 Å². The number of aromatic nitrogens is 3. The number of benzene rings is 8. The molecule has 0 radical (unpaired) electrons. The van der Waals surface area contributed by atoms with Crippen LogP contribution in [0, 0.1) is 0 Å². The van der Waals surface area contributed by atoms with Crippen LogP contribution < -0.4 is 17.7 Å². The Kier molecular flexibility index (Phi) is 7.45. The van der Waals surface area contributed by atoms with Gasteiger partial charge >= 0.3 is 342 Å². The second-order valence-corrected chi connectivity index (χ2v) is 24.1. The Morgan fingerprint density at radius 3 is 1.80 bits per heavy atom. The predicted octanol–water partition coefficient (Wildman–Crippen LogP) is 10.6. The van der Waals surface area contributed by atoms with Gasteiger partial charge in [0.1, 0.15) is 0 Å². The Balaban J connectivity index is 1.22. The van der Waals surface area contributed by atoms with Crippen molar-refractivity contribution in [3.8, 4) is 50.6 Å². The van der Waals surface area contributed by atoms with Crippen LogP contribution in [0.15, 0.2) is 200 Å². The molecular formula is C55H39GeN3. The van der Waals surface area contributed by atoms with Crippen LogP contribution in [0.25, 0.3) is 72.4 Å². The first kappa shape index (κ1) is 34.2. The van der Waals surface area contributed by atoms with Crippen molar-refractivity contribution in [2.45, 2.75) is 19.3 Å². The molecule has 2 aliphatic rings. The molecule has 8 aromatic carbocycles. The fourth-order valence-corrected chi connectivity index (χ4v) is 21.1. The van der Waals surface area contributed by atoms with E-state index < -0.39 is 13.3 Å². The molecule has 0 spiro atoms. The minimum absolute atomic E-state index is 0.0980. The number of hydrogen-bond donors (Lipinski definition) is 0. The first-order valence-corrected chi connectivity index (χ1v) is 24.7. The number of nitrogens with zero attached hydrogens (tertiary/aromatic N) is 3. The van der Waals surface area contributed by atoms with Crippen LogP contribution in [-0.4, -0.2) is 27.8 Å². The summed E-state index contributed by atoms with van der Waals surface area (Å²) >= 11 is -3.73. The predicted molar refractivity (Wildman–Crippen MR) is 247 cm³/mol. The van der Waals surface area contributed by atoms with Gasteiger partial charge in [-0.15, -0.1) is 0 Å². The van der Waals surface area contributed by atoms with E-state index in [1.54, 1.807) is 0 Å². The molecule has 3 heterocycles. The molecule has 3 nitrogen and oxygen atoms in total. The third-order valence-electron chi connectivity index (χ3n) is 13.1. The van der Waals surface area contributed by atoms with Crippen molar-refractivity contribution in [2.24, 2.45) is 0 Å². The molecule has 10 aromatic rings. The summed E-state index contributed by atoms with van der Waals surface area (Å²) in [5.74, 6) is 0.753. The Bertz CT molecular complexity index is 3250. The second kappa shape index (κ2) is 12.8. The molecule has 12 rings (SSSR count). The molecule has 278 valence electrons. The van der Waals surface area contributed by atoms with Crippen LogP contribution in [0.3, 0.4) is 0 Å².